The Labute approximate surface area is 221 Å². The lowest BCUT2D eigenvalue weighted by molar-refractivity contribution is 0.0607. The molecule has 1 atom stereocenters. The predicted molar refractivity (Wildman–Crippen MR) is 143 cm³/mol. The maximum absolute atomic E-state index is 13.8. The summed E-state index contributed by atoms with van der Waals surface area (Å²) < 4.78 is 28.0. The number of carbonyl (C=O) groups excluding carboxylic acids is 1. The maximum atomic E-state index is 13.8. The number of halogens is 1. The van der Waals surface area contributed by atoms with E-state index < -0.39 is 10.0 Å². The van der Waals surface area contributed by atoms with Gasteiger partial charge in [0.05, 0.1) is 35.3 Å². The van der Waals surface area contributed by atoms with Gasteiger partial charge < -0.3 is 14.9 Å². The van der Waals surface area contributed by atoms with Gasteiger partial charge in [-0.15, -0.1) is 0 Å². The number of hydrogen-bond acceptors (Lipinski definition) is 7. The zero-order valence-corrected chi connectivity index (χ0v) is 22.5. The zero-order valence-electron chi connectivity index (χ0n) is 20.9. The summed E-state index contributed by atoms with van der Waals surface area (Å²) >= 11 is 6.19. The van der Waals surface area contributed by atoms with Crippen LogP contribution in [0.15, 0.2) is 30.5 Å². The molecule has 2 aliphatic heterocycles. The van der Waals surface area contributed by atoms with E-state index in [1.165, 1.54) is 12.1 Å². The summed E-state index contributed by atoms with van der Waals surface area (Å²) in [4.78, 5) is 22.6. The summed E-state index contributed by atoms with van der Waals surface area (Å²) in [6.07, 6.45) is 6.70. The van der Waals surface area contributed by atoms with Crippen LogP contribution in [0.25, 0.3) is 5.65 Å². The van der Waals surface area contributed by atoms with Gasteiger partial charge in [-0.2, -0.15) is 5.10 Å². The van der Waals surface area contributed by atoms with Crippen LogP contribution in [0.5, 0.6) is 0 Å². The van der Waals surface area contributed by atoms with Crippen molar-refractivity contribution in [1.82, 2.24) is 19.5 Å². The Bertz CT molecular complexity index is 1430. The van der Waals surface area contributed by atoms with E-state index in [0.29, 0.717) is 17.2 Å². The molecule has 198 valence electrons. The summed E-state index contributed by atoms with van der Waals surface area (Å²) in [5, 5.41) is 15.0. The third-order valence-corrected chi connectivity index (χ3v) is 7.83. The summed E-state index contributed by atoms with van der Waals surface area (Å²) in [7, 11) is -3.59. The summed E-state index contributed by atoms with van der Waals surface area (Å²) in [5.41, 5.74) is 2.83. The second kappa shape index (κ2) is 10.1. The lowest BCUT2D eigenvalue weighted by atomic mass is 9.98. The molecule has 3 aromatic rings. The number of aliphatic hydroxyl groups is 1. The molecule has 2 saturated heterocycles. The van der Waals surface area contributed by atoms with Crippen LogP contribution in [-0.2, 0) is 10.0 Å². The highest BCUT2D eigenvalue weighted by Crippen LogP contribution is 2.34. The van der Waals surface area contributed by atoms with E-state index in [1.807, 2.05) is 19.2 Å². The Balaban J connectivity index is 1.47. The molecule has 2 N–H and O–H groups in total. The van der Waals surface area contributed by atoms with Crippen LogP contribution in [0.2, 0.25) is 5.02 Å². The molecule has 0 unspecified atom stereocenters. The number of likely N-dealkylation sites (tertiary alicyclic amines) is 1. The molecule has 4 heterocycles. The molecule has 2 aromatic heterocycles. The van der Waals surface area contributed by atoms with Gasteiger partial charge in [0.2, 0.25) is 10.0 Å². The first-order valence-corrected chi connectivity index (χ1v) is 14.7. The predicted octanol–water partition coefficient (Wildman–Crippen LogP) is 3.39. The van der Waals surface area contributed by atoms with Crippen molar-refractivity contribution in [2.24, 2.45) is 0 Å². The van der Waals surface area contributed by atoms with Crippen LogP contribution in [0.1, 0.15) is 59.8 Å². The number of benzene rings is 1. The molecule has 5 rings (SSSR count). The zero-order chi connectivity index (χ0) is 26.3. The molecular weight excluding hydrogens is 516 g/mol. The van der Waals surface area contributed by atoms with Crippen molar-refractivity contribution in [2.45, 2.75) is 51.2 Å². The average Bonchev–Trinajstić information content (AvgIpc) is 3.26. The Morgan fingerprint density at radius 3 is 2.62 bits per heavy atom. The van der Waals surface area contributed by atoms with Gasteiger partial charge in [-0.25, -0.2) is 17.9 Å². The molecule has 0 radical (unpaired) electrons. The topological polar surface area (TPSA) is 120 Å². The highest BCUT2D eigenvalue weighted by atomic mass is 35.5. The van der Waals surface area contributed by atoms with Gasteiger partial charge in [0, 0.05) is 42.5 Å². The van der Waals surface area contributed by atoms with Gasteiger partial charge in [-0.3, -0.25) is 9.52 Å². The van der Waals surface area contributed by atoms with Gasteiger partial charge in [0.15, 0.2) is 5.65 Å². The van der Waals surface area contributed by atoms with Crippen LogP contribution in [0.4, 0.5) is 11.5 Å². The lowest BCUT2D eigenvalue weighted by Gasteiger charge is -2.35. The summed E-state index contributed by atoms with van der Waals surface area (Å²) in [6.45, 7) is 4.02. The number of fused-ring (bicyclic) bond motifs is 1. The molecule has 0 bridgehead atoms. The first-order chi connectivity index (χ1) is 17.6. The third kappa shape index (κ3) is 5.53. The van der Waals surface area contributed by atoms with Crippen LogP contribution >= 0.6 is 11.6 Å². The molecule has 0 spiro atoms. The molecule has 37 heavy (non-hydrogen) atoms. The highest BCUT2D eigenvalue weighted by molar-refractivity contribution is 7.92. The first kappa shape index (κ1) is 25.7. The van der Waals surface area contributed by atoms with Crippen molar-refractivity contribution >= 4 is 44.7 Å². The van der Waals surface area contributed by atoms with Crippen molar-refractivity contribution in [3.8, 4) is 0 Å². The number of hydrogen-bond donors (Lipinski definition) is 2. The molecule has 1 aromatic carbocycles. The van der Waals surface area contributed by atoms with E-state index in [0.717, 1.165) is 68.5 Å². The quantitative estimate of drug-likeness (QED) is 0.503. The van der Waals surface area contributed by atoms with Crippen molar-refractivity contribution in [1.29, 1.82) is 0 Å². The third-order valence-electron chi connectivity index (χ3n) is 7.00. The second-order valence-corrected chi connectivity index (χ2v) is 12.1. The second-order valence-electron chi connectivity index (χ2n) is 9.91. The number of carbonyl (C=O) groups is 1. The number of sulfonamides is 1. The van der Waals surface area contributed by atoms with Crippen molar-refractivity contribution < 1.29 is 18.3 Å². The largest absolute Gasteiger partial charge is 0.393 e. The van der Waals surface area contributed by atoms with Crippen molar-refractivity contribution in [3.63, 3.8) is 0 Å². The van der Waals surface area contributed by atoms with Crippen molar-refractivity contribution in [2.75, 3.05) is 35.5 Å². The molecule has 10 nitrogen and oxygen atoms in total. The smallest absolute Gasteiger partial charge is 0.256 e. The highest BCUT2D eigenvalue weighted by Gasteiger charge is 2.32. The van der Waals surface area contributed by atoms with E-state index in [-0.39, 0.29) is 29.3 Å². The number of anilines is 2. The number of aryl methyl sites for hydroxylation is 1. The van der Waals surface area contributed by atoms with E-state index in [1.54, 1.807) is 15.5 Å². The van der Waals surface area contributed by atoms with Crippen molar-refractivity contribution in [3.05, 3.63) is 52.3 Å². The minimum absolute atomic E-state index is 0.199. The Morgan fingerprint density at radius 2 is 1.89 bits per heavy atom. The minimum Gasteiger partial charge on any atom is -0.393 e. The molecule has 2 aliphatic rings. The number of nitrogens with zero attached hydrogens (tertiary/aromatic N) is 5. The number of piperidine rings is 2. The summed E-state index contributed by atoms with van der Waals surface area (Å²) in [5.74, 6) is 0.588. The molecule has 2 fully saturated rings. The lowest BCUT2D eigenvalue weighted by Crippen LogP contribution is -2.39. The van der Waals surface area contributed by atoms with Gasteiger partial charge in [0.25, 0.3) is 5.91 Å². The normalized spacial score (nSPS) is 19.4. The van der Waals surface area contributed by atoms with Crippen LogP contribution in [0, 0.1) is 6.92 Å². The Hall–Kier alpha value is -2.89. The fraction of sp³-hybridized carbons (Fsp3) is 0.480. The van der Waals surface area contributed by atoms with Gasteiger partial charge in [-0.1, -0.05) is 11.6 Å². The molecular formula is C25H31ClN6O4S. The van der Waals surface area contributed by atoms with E-state index in [9.17, 15) is 18.3 Å². The van der Waals surface area contributed by atoms with Crippen LogP contribution < -0.4 is 9.62 Å². The average molecular weight is 547 g/mol. The molecule has 0 saturated carbocycles. The standard InChI is InChI=1S/C25H31ClN6O4S/c1-16-15-32-23(27-24(16)30-11-8-18(33)9-12-30)14-21(28-32)22-5-3-4-10-31(22)25(34)19-13-17(26)6-7-20(19)29-37(2,35)36/h6-7,13-15,18,22,29,33H,3-5,8-12H2,1-2H3/t22-/m0/s1. The SMILES string of the molecule is Cc1cn2nc([C@@H]3CCCCN3C(=O)c3cc(Cl)ccc3NS(C)(=O)=O)cc2nc1N1CCC(O)CC1. The van der Waals surface area contributed by atoms with Gasteiger partial charge in [0.1, 0.15) is 5.82 Å². The van der Waals surface area contributed by atoms with Gasteiger partial charge >= 0.3 is 0 Å². The van der Waals surface area contributed by atoms with Crippen LogP contribution in [0.3, 0.4) is 0 Å². The van der Waals surface area contributed by atoms with Crippen LogP contribution in [-0.4, -0.2) is 70.9 Å². The minimum atomic E-state index is -3.59. The van der Waals surface area contributed by atoms with E-state index in [2.05, 4.69) is 9.62 Å². The molecule has 0 aliphatic carbocycles. The fourth-order valence-corrected chi connectivity index (χ4v) is 5.95. The first-order valence-electron chi connectivity index (χ1n) is 12.5. The summed E-state index contributed by atoms with van der Waals surface area (Å²) in [6, 6.07) is 6.21. The number of aromatic nitrogens is 3. The van der Waals surface area contributed by atoms with E-state index >= 15 is 0 Å². The number of nitrogens with one attached hydrogen (secondary N) is 1. The number of aliphatic hydroxyl groups excluding tert-OH is 1. The molecule has 1 amide bonds. The Morgan fingerprint density at radius 1 is 1.14 bits per heavy atom. The van der Waals surface area contributed by atoms with Gasteiger partial charge in [-0.05, 0) is 57.2 Å². The maximum Gasteiger partial charge on any atom is 0.256 e. The van der Waals surface area contributed by atoms with E-state index in [4.69, 9.17) is 21.7 Å². The Kier molecular flexibility index (Phi) is 7.03. The fourth-order valence-electron chi connectivity index (χ4n) is 5.20. The molecule has 12 heteroatoms. The number of rotatable bonds is 5. The monoisotopic (exact) mass is 546 g/mol. The number of amides is 1.